The molecular weight excluding hydrogens is 361 g/mol. The Morgan fingerprint density at radius 1 is 1.12 bits per heavy atom. The Hall–Kier alpha value is -2.54. The molecule has 0 saturated carbocycles. The van der Waals surface area contributed by atoms with Gasteiger partial charge in [0.15, 0.2) is 5.17 Å². The summed E-state index contributed by atoms with van der Waals surface area (Å²) in [7, 11) is 0. The first-order valence-electron chi connectivity index (χ1n) is 7.76. The number of aryl methyl sites for hydroxylation is 2. The van der Waals surface area contributed by atoms with E-state index >= 15 is 0 Å². The lowest BCUT2D eigenvalue weighted by Crippen LogP contribution is -2.19. The monoisotopic (exact) mass is 376 g/mol. The van der Waals surface area contributed by atoms with Gasteiger partial charge in [0, 0.05) is 0 Å². The molecule has 1 N–H and O–H groups in total. The second kappa shape index (κ2) is 6.99. The van der Waals surface area contributed by atoms with E-state index < -0.39 is 11.7 Å². The largest absolute Gasteiger partial charge is 0.416 e. The van der Waals surface area contributed by atoms with E-state index in [1.807, 2.05) is 32.0 Å². The van der Waals surface area contributed by atoms with Crippen molar-refractivity contribution >= 4 is 34.6 Å². The number of carbonyl (C=O) groups excluding carboxylic acids is 1. The van der Waals surface area contributed by atoms with Crippen molar-refractivity contribution in [3.05, 3.63) is 69.6 Å². The van der Waals surface area contributed by atoms with Crippen molar-refractivity contribution in [3.63, 3.8) is 0 Å². The number of amides is 1. The van der Waals surface area contributed by atoms with Crippen molar-refractivity contribution in [3.8, 4) is 0 Å². The summed E-state index contributed by atoms with van der Waals surface area (Å²) in [6.07, 6.45) is -2.99. The molecule has 0 radical (unpaired) electrons. The van der Waals surface area contributed by atoms with Crippen LogP contribution in [0, 0.1) is 13.8 Å². The molecule has 1 aliphatic rings. The molecule has 0 bridgehead atoms. The van der Waals surface area contributed by atoms with Gasteiger partial charge in [-0.15, -0.1) is 0 Å². The van der Waals surface area contributed by atoms with Crippen molar-refractivity contribution in [2.75, 3.05) is 0 Å². The number of alkyl halides is 3. The molecule has 3 rings (SSSR count). The molecule has 1 aliphatic heterocycles. The maximum Gasteiger partial charge on any atom is 0.416 e. The van der Waals surface area contributed by atoms with Gasteiger partial charge in [-0.3, -0.25) is 4.79 Å². The molecule has 2 aromatic carbocycles. The van der Waals surface area contributed by atoms with Crippen LogP contribution in [0.15, 0.2) is 52.4 Å². The number of benzene rings is 2. The zero-order valence-electron chi connectivity index (χ0n) is 14.0. The molecule has 0 unspecified atom stereocenters. The van der Waals surface area contributed by atoms with E-state index in [0.29, 0.717) is 15.6 Å². The van der Waals surface area contributed by atoms with Gasteiger partial charge in [-0.25, -0.2) is 4.99 Å². The zero-order chi connectivity index (χ0) is 18.9. The number of hydrogen-bond acceptors (Lipinski definition) is 3. The fourth-order valence-electron chi connectivity index (χ4n) is 2.39. The molecule has 1 heterocycles. The first kappa shape index (κ1) is 18.3. The predicted octanol–water partition coefficient (Wildman–Crippen LogP) is 5.21. The van der Waals surface area contributed by atoms with E-state index in [1.165, 1.54) is 18.2 Å². The maximum atomic E-state index is 12.8. The fourth-order valence-corrected chi connectivity index (χ4v) is 3.22. The maximum absolute atomic E-state index is 12.8. The van der Waals surface area contributed by atoms with Gasteiger partial charge in [0.1, 0.15) is 0 Å². The molecule has 1 saturated heterocycles. The Labute approximate surface area is 153 Å². The second-order valence-corrected chi connectivity index (χ2v) is 6.93. The van der Waals surface area contributed by atoms with E-state index in [4.69, 9.17) is 0 Å². The van der Waals surface area contributed by atoms with Gasteiger partial charge in [0.2, 0.25) is 0 Å². The van der Waals surface area contributed by atoms with E-state index in [9.17, 15) is 18.0 Å². The smallest absolute Gasteiger partial charge is 0.300 e. The SMILES string of the molecule is Cc1ccc(C)c(N=C2NC(=O)/C(=C\c3cccc(C(F)(F)F)c3)S2)c1. The van der Waals surface area contributed by atoms with E-state index in [2.05, 4.69) is 10.3 Å². The van der Waals surface area contributed by atoms with Crippen LogP contribution < -0.4 is 5.32 Å². The Kier molecular flexibility index (Phi) is 4.91. The third-order valence-corrected chi connectivity index (χ3v) is 4.66. The molecule has 0 spiro atoms. The van der Waals surface area contributed by atoms with Gasteiger partial charge in [-0.2, -0.15) is 13.2 Å². The molecule has 26 heavy (non-hydrogen) atoms. The lowest BCUT2D eigenvalue weighted by atomic mass is 10.1. The summed E-state index contributed by atoms with van der Waals surface area (Å²) in [4.78, 5) is 16.9. The van der Waals surface area contributed by atoms with Crippen molar-refractivity contribution < 1.29 is 18.0 Å². The minimum Gasteiger partial charge on any atom is -0.300 e. The number of aliphatic imine (C=N–C) groups is 1. The number of nitrogens with zero attached hydrogens (tertiary/aromatic N) is 1. The van der Waals surface area contributed by atoms with Gasteiger partial charge in [-0.1, -0.05) is 24.3 Å². The Morgan fingerprint density at radius 3 is 2.62 bits per heavy atom. The number of nitrogens with one attached hydrogen (secondary N) is 1. The summed E-state index contributed by atoms with van der Waals surface area (Å²) >= 11 is 1.11. The first-order chi connectivity index (χ1) is 12.2. The quantitative estimate of drug-likeness (QED) is 0.731. The zero-order valence-corrected chi connectivity index (χ0v) is 14.8. The standard InChI is InChI=1S/C19H15F3N2OS/c1-11-6-7-12(2)15(8-11)23-18-24-17(25)16(26-18)10-13-4-3-5-14(9-13)19(20,21)22/h3-10H,1-2H3,(H,23,24,25)/b16-10+. The lowest BCUT2D eigenvalue weighted by Gasteiger charge is -2.06. The molecule has 1 fully saturated rings. The summed E-state index contributed by atoms with van der Waals surface area (Å²) < 4.78 is 38.4. The van der Waals surface area contributed by atoms with Crippen LogP contribution in [0.3, 0.4) is 0 Å². The fraction of sp³-hybridized carbons (Fsp3) is 0.158. The summed E-state index contributed by atoms with van der Waals surface area (Å²) in [5.74, 6) is -0.378. The molecule has 7 heteroatoms. The third kappa shape index (κ3) is 4.16. The van der Waals surface area contributed by atoms with Crippen LogP contribution >= 0.6 is 11.8 Å². The Bertz CT molecular complexity index is 933. The number of thioether (sulfide) groups is 1. The van der Waals surface area contributed by atoms with Crippen LogP contribution in [-0.4, -0.2) is 11.1 Å². The number of amidine groups is 1. The predicted molar refractivity (Wildman–Crippen MR) is 98.2 cm³/mol. The highest BCUT2D eigenvalue weighted by atomic mass is 32.2. The van der Waals surface area contributed by atoms with E-state index in [0.717, 1.165) is 40.7 Å². The summed E-state index contributed by atoms with van der Waals surface area (Å²) in [6, 6.07) is 10.7. The first-order valence-corrected chi connectivity index (χ1v) is 8.58. The molecule has 0 atom stereocenters. The molecular formula is C19H15F3N2OS. The number of hydrogen-bond donors (Lipinski definition) is 1. The van der Waals surface area contributed by atoms with Crippen LogP contribution in [0.5, 0.6) is 0 Å². The Morgan fingerprint density at radius 2 is 1.88 bits per heavy atom. The van der Waals surface area contributed by atoms with Crippen molar-refractivity contribution in [1.29, 1.82) is 0 Å². The van der Waals surface area contributed by atoms with Crippen molar-refractivity contribution in [2.45, 2.75) is 20.0 Å². The van der Waals surface area contributed by atoms with Crippen molar-refractivity contribution in [2.24, 2.45) is 4.99 Å². The Balaban J connectivity index is 1.87. The van der Waals surface area contributed by atoms with Gasteiger partial charge in [0.25, 0.3) is 5.91 Å². The van der Waals surface area contributed by atoms with Crippen LogP contribution in [0.4, 0.5) is 18.9 Å². The molecule has 1 amide bonds. The molecule has 0 aliphatic carbocycles. The number of halogens is 3. The van der Waals surface area contributed by atoms with Gasteiger partial charge < -0.3 is 5.32 Å². The molecule has 3 nitrogen and oxygen atoms in total. The minimum atomic E-state index is -4.42. The van der Waals surface area contributed by atoms with E-state index in [1.54, 1.807) is 0 Å². The average molecular weight is 376 g/mol. The summed E-state index contributed by atoms with van der Waals surface area (Å²) in [5.41, 5.74) is 2.32. The van der Waals surface area contributed by atoms with Crippen LogP contribution in [0.1, 0.15) is 22.3 Å². The van der Waals surface area contributed by atoms with Crippen LogP contribution in [0.2, 0.25) is 0 Å². The second-order valence-electron chi connectivity index (χ2n) is 5.89. The number of rotatable bonds is 2. The summed E-state index contributed by atoms with van der Waals surface area (Å²) in [6.45, 7) is 3.86. The van der Waals surface area contributed by atoms with Crippen LogP contribution in [0.25, 0.3) is 6.08 Å². The van der Waals surface area contributed by atoms with E-state index in [-0.39, 0.29) is 5.91 Å². The van der Waals surface area contributed by atoms with Gasteiger partial charge in [-0.05, 0) is 66.6 Å². The van der Waals surface area contributed by atoms with Gasteiger partial charge in [0.05, 0.1) is 16.2 Å². The molecule has 134 valence electrons. The highest BCUT2D eigenvalue weighted by Gasteiger charge is 2.30. The molecule has 2 aromatic rings. The summed E-state index contributed by atoms with van der Waals surface area (Å²) in [5, 5.41) is 3.05. The van der Waals surface area contributed by atoms with Gasteiger partial charge >= 0.3 is 6.18 Å². The highest BCUT2D eigenvalue weighted by molar-refractivity contribution is 8.18. The lowest BCUT2D eigenvalue weighted by molar-refractivity contribution is -0.137. The third-order valence-electron chi connectivity index (χ3n) is 3.75. The topological polar surface area (TPSA) is 41.5 Å². The highest BCUT2D eigenvalue weighted by Crippen LogP contribution is 2.32. The number of carbonyl (C=O) groups is 1. The van der Waals surface area contributed by atoms with Crippen molar-refractivity contribution in [1.82, 2.24) is 5.32 Å². The van der Waals surface area contributed by atoms with Crippen LogP contribution in [-0.2, 0) is 11.0 Å². The minimum absolute atomic E-state index is 0.299. The molecule has 0 aromatic heterocycles. The normalized spacial score (nSPS) is 17.8. The average Bonchev–Trinajstić information content (AvgIpc) is 2.90.